The summed E-state index contributed by atoms with van der Waals surface area (Å²) in [5, 5.41) is 6.35. The van der Waals surface area contributed by atoms with Crippen molar-refractivity contribution in [1.82, 2.24) is 9.97 Å². The number of amides is 1. The molecule has 210 valence electrons. The quantitative estimate of drug-likeness (QED) is 0.0832. The van der Waals surface area contributed by atoms with Crippen molar-refractivity contribution >= 4 is 51.2 Å². The number of anilines is 4. The maximum Gasteiger partial charge on any atom is 0.268 e. The van der Waals surface area contributed by atoms with Gasteiger partial charge in [0, 0.05) is 34.4 Å². The number of methoxy groups -OCH3 is 2. The molecule has 5 rings (SSSR count). The maximum atomic E-state index is 12.9. The summed E-state index contributed by atoms with van der Waals surface area (Å²) in [4.78, 5) is 24.1. The van der Waals surface area contributed by atoms with E-state index in [1.54, 1.807) is 78.9 Å². The molecule has 0 saturated heterocycles. The molecule has 1 unspecified atom stereocenters. The number of hydrogen-bond donors (Lipinski definition) is 2. The highest BCUT2D eigenvalue weighted by molar-refractivity contribution is 7.81. The molecule has 0 aliphatic carbocycles. The van der Waals surface area contributed by atoms with Crippen molar-refractivity contribution in [3.8, 4) is 22.6 Å². The van der Waals surface area contributed by atoms with E-state index in [-0.39, 0.29) is 17.2 Å². The molecule has 0 radical (unpaired) electrons. The Morgan fingerprint density at radius 2 is 1.55 bits per heavy atom. The van der Waals surface area contributed by atoms with E-state index in [1.165, 1.54) is 20.3 Å². The van der Waals surface area contributed by atoms with Crippen LogP contribution < -0.4 is 19.1 Å². The third kappa shape index (κ3) is 5.98. The Labute approximate surface area is 242 Å². The average molecular weight is 582 g/mol. The molecule has 1 atom stereocenters. The number of para-hydroxylation sites is 2. The largest absolute Gasteiger partial charge is 0.497 e. The molecule has 0 fully saturated rings. The smallest absolute Gasteiger partial charge is 0.268 e. The topological polar surface area (TPSA) is 163 Å². The van der Waals surface area contributed by atoms with E-state index in [1.807, 2.05) is 6.07 Å². The first-order valence-corrected chi connectivity index (χ1v) is 13.4. The summed E-state index contributed by atoms with van der Waals surface area (Å²) in [6, 6.07) is 25.7. The van der Waals surface area contributed by atoms with Crippen molar-refractivity contribution in [2.45, 2.75) is 0 Å². The van der Waals surface area contributed by atoms with Crippen LogP contribution in [-0.2, 0) is 11.3 Å². The Hall–Kier alpha value is -5.49. The molecule has 2 N–H and O–H groups in total. The highest BCUT2D eigenvalue weighted by atomic mass is 32.2. The fourth-order valence-electron chi connectivity index (χ4n) is 4.26. The lowest BCUT2D eigenvalue weighted by molar-refractivity contribution is 0.100. The summed E-state index contributed by atoms with van der Waals surface area (Å²) in [5.41, 5.74) is 12.1. The summed E-state index contributed by atoms with van der Waals surface area (Å²) in [6.45, 7) is 0. The van der Waals surface area contributed by atoms with Crippen molar-refractivity contribution in [2.75, 3.05) is 23.8 Å². The van der Waals surface area contributed by atoms with Gasteiger partial charge in [0.1, 0.15) is 11.5 Å². The van der Waals surface area contributed by atoms with Crippen LogP contribution in [0, 0.1) is 0 Å². The zero-order valence-corrected chi connectivity index (χ0v) is 23.1. The molecule has 5 aromatic rings. The van der Waals surface area contributed by atoms with Gasteiger partial charge in [0.05, 0.1) is 30.9 Å². The van der Waals surface area contributed by atoms with Crippen LogP contribution in [0.1, 0.15) is 10.4 Å². The fraction of sp³-hybridized carbons (Fsp3) is 0.0690. The molecule has 4 aromatic carbocycles. The molecule has 0 spiro atoms. The minimum absolute atomic E-state index is 0.0840. The number of benzene rings is 4. The van der Waals surface area contributed by atoms with Crippen LogP contribution in [0.25, 0.3) is 32.6 Å². The van der Waals surface area contributed by atoms with Gasteiger partial charge >= 0.3 is 0 Å². The Kier molecular flexibility index (Phi) is 8.25. The fourth-order valence-corrected chi connectivity index (χ4v) is 4.83. The Morgan fingerprint density at radius 3 is 2.19 bits per heavy atom. The van der Waals surface area contributed by atoms with Crippen molar-refractivity contribution in [2.24, 2.45) is 5.11 Å². The predicted molar refractivity (Wildman–Crippen MR) is 161 cm³/mol. The minimum atomic E-state index is -2.58. The molecule has 1 heterocycles. The predicted octanol–water partition coefficient (Wildman–Crippen LogP) is 6.78. The van der Waals surface area contributed by atoms with E-state index >= 15 is 0 Å². The number of azide groups is 1. The molecule has 0 aliphatic rings. The molecule has 0 saturated carbocycles. The van der Waals surface area contributed by atoms with E-state index in [4.69, 9.17) is 25.0 Å². The zero-order chi connectivity index (χ0) is 29.6. The number of carbonyl (C=O) groups is 1. The molecule has 12 nitrogen and oxygen atoms in total. The van der Waals surface area contributed by atoms with Crippen molar-refractivity contribution < 1.29 is 23.0 Å². The molecule has 13 heteroatoms. The van der Waals surface area contributed by atoms with E-state index in [0.717, 1.165) is 4.31 Å². The summed E-state index contributed by atoms with van der Waals surface area (Å²) in [6.07, 6.45) is 0. The average Bonchev–Trinajstić information content (AvgIpc) is 3.01. The molecule has 1 amide bonds. The minimum Gasteiger partial charge on any atom is -0.497 e. The number of fused-ring (bicyclic) bond motifs is 1. The van der Waals surface area contributed by atoms with Crippen molar-refractivity contribution in [3.63, 3.8) is 0 Å². The van der Waals surface area contributed by atoms with Gasteiger partial charge in [-0.05, 0) is 52.1 Å². The van der Waals surface area contributed by atoms with Gasteiger partial charge in [0.15, 0.2) is 11.6 Å². The lowest BCUT2D eigenvalue weighted by Crippen LogP contribution is -2.22. The lowest BCUT2D eigenvalue weighted by Gasteiger charge is -2.23. The highest BCUT2D eigenvalue weighted by Crippen LogP contribution is 2.37. The first kappa shape index (κ1) is 28.1. The van der Waals surface area contributed by atoms with Crippen LogP contribution in [0.15, 0.2) is 96.1 Å². The van der Waals surface area contributed by atoms with Gasteiger partial charge in [-0.2, -0.15) is 0 Å². The number of carbonyl (C=O) groups excluding carboxylic acids is 1. The molecular weight excluding hydrogens is 558 g/mol. The van der Waals surface area contributed by atoms with Crippen molar-refractivity contribution in [1.29, 1.82) is 0 Å². The number of nitrogens with zero attached hydrogens (tertiary/aromatic N) is 6. The standard InChI is InChI=1S/C29H23N7O5S/c1-40-23-15-21(16-24(17-23)41-2)31-27-28(33-26-12-4-3-11-25(26)32-27)36(42(38)39)22-10-6-8-19(14-22)18-7-5-9-20(13-18)29(37)34-35-30/h3-17H,1-2H3,(H,31,32)(H,38,39). The maximum absolute atomic E-state index is 12.9. The second-order valence-corrected chi connectivity index (χ2v) is 9.59. The monoisotopic (exact) mass is 581 g/mol. The number of hydrogen-bond acceptors (Lipinski definition) is 7. The second kappa shape index (κ2) is 12.4. The first-order chi connectivity index (χ1) is 20.4. The van der Waals surface area contributed by atoms with E-state index in [2.05, 4.69) is 15.3 Å². The Bertz CT molecular complexity index is 1860. The van der Waals surface area contributed by atoms with Crippen LogP contribution in [0.4, 0.5) is 23.0 Å². The summed E-state index contributed by atoms with van der Waals surface area (Å²) < 4.78 is 35.4. The normalized spacial score (nSPS) is 11.3. The highest BCUT2D eigenvalue weighted by Gasteiger charge is 2.24. The second-order valence-electron chi connectivity index (χ2n) is 8.76. The van der Waals surface area contributed by atoms with Gasteiger partial charge in [-0.3, -0.25) is 9.35 Å². The van der Waals surface area contributed by atoms with Crippen LogP contribution in [-0.4, -0.2) is 38.9 Å². The number of aromatic nitrogens is 2. The van der Waals surface area contributed by atoms with Gasteiger partial charge in [0.25, 0.3) is 11.3 Å². The summed E-state index contributed by atoms with van der Waals surface area (Å²) in [7, 11) is 3.07. The SMILES string of the molecule is COc1cc(Nc2nc3ccccc3nc2N(c2cccc(-c3cccc(C(=O)N=[N+]=[N-])c3)c2)S(=O)O)cc(OC)c1. The van der Waals surface area contributed by atoms with E-state index in [9.17, 15) is 13.6 Å². The van der Waals surface area contributed by atoms with Crippen LogP contribution >= 0.6 is 0 Å². The van der Waals surface area contributed by atoms with Gasteiger partial charge in [-0.1, -0.05) is 42.5 Å². The van der Waals surface area contributed by atoms with E-state index < -0.39 is 17.2 Å². The number of ether oxygens (including phenoxy) is 2. The first-order valence-electron chi connectivity index (χ1n) is 12.4. The van der Waals surface area contributed by atoms with E-state index in [0.29, 0.717) is 45.0 Å². The van der Waals surface area contributed by atoms with Gasteiger partial charge < -0.3 is 14.8 Å². The molecule has 0 bridgehead atoms. The number of rotatable bonds is 9. The lowest BCUT2D eigenvalue weighted by atomic mass is 10.0. The third-order valence-corrected chi connectivity index (χ3v) is 6.87. The zero-order valence-electron chi connectivity index (χ0n) is 22.3. The molecule has 0 aliphatic heterocycles. The van der Waals surface area contributed by atoms with Crippen LogP contribution in [0.3, 0.4) is 0 Å². The molecule has 1 aromatic heterocycles. The summed E-state index contributed by atoms with van der Waals surface area (Å²) >= 11 is -2.58. The third-order valence-electron chi connectivity index (χ3n) is 6.17. The van der Waals surface area contributed by atoms with Crippen LogP contribution in [0.2, 0.25) is 0 Å². The van der Waals surface area contributed by atoms with Gasteiger partial charge in [-0.25, -0.2) is 18.5 Å². The Balaban J connectivity index is 1.63. The molecular formula is C29H23N7O5S. The number of nitrogens with one attached hydrogen (secondary N) is 1. The van der Waals surface area contributed by atoms with Gasteiger partial charge in [0.2, 0.25) is 5.91 Å². The van der Waals surface area contributed by atoms with Crippen LogP contribution in [0.5, 0.6) is 11.5 Å². The molecule has 42 heavy (non-hydrogen) atoms. The van der Waals surface area contributed by atoms with Gasteiger partial charge in [-0.15, -0.1) is 0 Å². The van der Waals surface area contributed by atoms with Crippen molar-refractivity contribution in [3.05, 3.63) is 107 Å². The Morgan fingerprint density at radius 1 is 0.905 bits per heavy atom. The summed E-state index contributed by atoms with van der Waals surface area (Å²) in [5.74, 6) is 0.636.